The first-order valence-corrected chi connectivity index (χ1v) is 5.09. The Hall–Kier alpha value is -1.41. The van der Waals surface area contributed by atoms with Crippen LogP contribution < -0.4 is 5.73 Å². The fourth-order valence-corrected chi connectivity index (χ4v) is 1.77. The van der Waals surface area contributed by atoms with Gasteiger partial charge in [0.1, 0.15) is 5.82 Å². The molecule has 0 aromatic heterocycles. The van der Waals surface area contributed by atoms with Crippen molar-refractivity contribution < 1.29 is 4.39 Å². The predicted molar refractivity (Wildman–Crippen MR) is 61.3 cm³/mol. The summed E-state index contributed by atoms with van der Waals surface area (Å²) in [6.45, 7) is 1.97. The normalized spacial score (nSPS) is 13.0. The van der Waals surface area contributed by atoms with E-state index in [4.69, 9.17) is 5.73 Å². The quantitative estimate of drug-likeness (QED) is 0.798. The molecule has 0 amide bonds. The fraction of sp³-hybridized carbons (Fsp3) is 0.231. The second-order valence-electron chi connectivity index (χ2n) is 4.01. The molecule has 0 radical (unpaired) electrons. The number of fused-ring (bicyclic) bond motifs is 1. The first-order chi connectivity index (χ1) is 7.15. The molecule has 0 aliphatic carbocycles. The van der Waals surface area contributed by atoms with Gasteiger partial charge in [0.25, 0.3) is 0 Å². The van der Waals surface area contributed by atoms with Crippen LogP contribution >= 0.6 is 0 Å². The second kappa shape index (κ2) is 3.99. The molecule has 0 heterocycles. The summed E-state index contributed by atoms with van der Waals surface area (Å²) in [6.07, 6.45) is 0.826. The van der Waals surface area contributed by atoms with E-state index < -0.39 is 0 Å². The van der Waals surface area contributed by atoms with Crippen molar-refractivity contribution in [2.75, 3.05) is 0 Å². The summed E-state index contributed by atoms with van der Waals surface area (Å²) < 4.78 is 13.0. The van der Waals surface area contributed by atoms with E-state index in [1.807, 2.05) is 25.1 Å². The lowest BCUT2D eigenvalue weighted by atomic mass is 10.0. The largest absolute Gasteiger partial charge is 0.328 e. The van der Waals surface area contributed by atoms with Crippen molar-refractivity contribution in [1.82, 2.24) is 0 Å². The smallest absolute Gasteiger partial charge is 0.123 e. The third-order valence-corrected chi connectivity index (χ3v) is 2.42. The van der Waals surface area contributed by atoms with Crippen LogP contribution in [0.1, 0.15) is 12.5 Å². The van der Waals surface area contributed by atoms with Gasteiger partial charge in [-0.25, -0.2) is 4.39 Å². The summed E-state index contributed by atoms with van der Waals surface area (Å²) in [7, 11) is 0. The molecule has 0 bridgehead atoms. The molecule has 2 aromatic rings. The third-order valence-electron chi connectivity index (χ3n) is 2.42. The van der Waals surface area contributed by atoms with Crippen LogP contribution in [0.2, 0.25) is 0 Å². The third kappa shape index (κ3) is 2.34. The second-order valence-corrected chi connectivity index (χ2v) is 4.01. The lowest BCUT2D eigenvalue weighted by Gasteiger charge is -2.06. The van der Waals surface area contributed by atoms with Gasteiger partial charge in [0.15, 0.2) is 0 Å². The molecule has 2 aromatic carbocycles. The van der Waals surface area contributed by atoms with Gasteiger partial charge in [-0.15, -0.1) is 0 Å². The Balaban J connectivity index is 2.45. The number of hydrogen-bond donors (Lipinski definition) is 1. The number of benzene rings is 2. The van der Waals surface area contributed by atoms with Crippen LogP contribution in [0.4, 0.5) is 4.39 Å². The molecule has 0 saturated heterocycles. The minimum Gasteiger partial charge on any atom is -0.328 e. The topological polar surface area (TPSA) is 26.0 Å². The van der Waals surface area contributed by atoms with Crippen molar-refractivity contribution >= 4 is 10.8 Å². The maximum atomic E-state index is 13.0. The average Bonchev–Trinajstić information content (AvgIpc) is 2.16. The summed E-state index contributed by atoms with van der Waals surface area (Å²) in [5, 5.41) is 2.00. The highest BCUT2D eigenvalue weighted by atomic mass is 19.1. The molecule has 0 saturated carbocycles. The summed E-state index contributed by atoms with van der Waals surface area (Å²) in [5.74, 6) is -0.194. The molecule has 15 heavy (non-hydrogen) atoms. The van der Waals surface area contributed by atoms with Gasteiger partial charge >= 0.3 is 0 Å². The van der Waals surface area contributed by atoms with Crippen molar-refractivity contribution in [3.8, 4) is 0 Å². The molecular weight excluding hydrogens is 189 g/mol. The molecule has 1 nitrogen and oxygen atoms in total. The van der Waals surface area contributed by atoms with Crippen LogP contribution in [0.25, 0.3) is 10.8 Å². The van der Waals surface area contributed by atoms with E-state index in [9.17, 15) is 4.39 Å². The molecule has 1 unspecified atom stereocenters. The maximum absolute atomic E-state index is 13.0. The zero-order valence-corrected chi connectivity index (χ0v) is 8.70. The van der Waals surface area contributed by atoms with Gasteiger partial charge in [-0.2, -0.15) is 0 Å². The van der Waals surface area contributed by atoms with E-state index in [2.05, 4.69) is 0 Å². The lowest BCUT2D eigenvalue weighted by molar-refractivity contribution is 0.629. The van der Waals surface area contributed by atoms with Crippen molar-refractivity contribution in [3.05, 3.63) is 47.8 Å². The van der Waals surface area contributed by atoms with Gasteiger partial charge in [-0.1, -0.05) is 24.3 Å². The number of hydrogen-bond acceptors (Lipinski definition) is 1. The fourth-order valence-electron chi connectivity index (χ4n) is 1.77. The lowest BCUT2D eigenvalue weighted by Crippen LogP contribution is -2.17. The highest BCUT2D eigenvalue weighted by Gasteiger charge is 2.00. The van der Waals surface area contributed by atoms with Gasteiger partial charge in [-0.3, -0.25) is 0 Å². The van der Waals surface area contributed by atoms with E-state index in [1.165, 1.54) is 6.07 Å². The van der Waals surface area contributed by atoms with Crippen LogP contribution in [-0.2, 0) is 6.42 Å². The Morgan fingerprint density at radius 3 is 2.60 bits per heavy atom. The van der Waals surface area contributed by atoms with Crippen LogP contribution in [-0.4, -0.2) is 6.04 Å². The molecular formula is C13H14FN. The van der Waals surface area contributed by atoms with Gasteiger partial charge < -0.3 is 5.73 Å². The van der Waals surface area contributed by atoms with Crippen molar-refractivity contribution in [1.29, 1.82) is 0 Å². The molecule has 0 fully saturated rings. The van der Waals surface area contributed by atoms with Gasteiger partial charge in [0.2, 0.25) is 0 Å². The Morgan fingerprint density at radius 1 is 1.13 bits per heavy atom. The standard InChI is InChI=1S/C13H14FN/c1-9(15)6-10-2-3-11-4-5-13(14)8-12(11)7-10/h2-5,7-9H,6,15H2,1H3. The summed E-state index contributed by atoms with van der Waals surface area (Å²) in [5.41, 5.74) is 6.88. The monoisotopic (exact) mass is 203 g/mol. The molecule has 2 N–H and O–H groups in total. The number of halogens is 1. The Kier molecular flexibility index (Phi) is 2.69. The van der Waals surface area contributed by atoms with Gasteiger partial charge in [-0.05, 0) is 41.8 Å². The number of rotatable bonds is 2. The maximum Gasteiger partial charge on any atom is 0.123 e. The first kappa shape index (κ1) is 10.1. The Bertz CT molecular complexity index is 477. The highest BCUT2D eigenvalue weighted by molar-refractivity contribution is 5.83. The van der Waals surface area contributed by atoms with Gasteiger partial charge in [0, 0.05) is 6.04 Å². The summed E-state index contributed by atoms with van der Waals surface area (Å²) in [6, 6.07) is 11.0. The van der Waals surface area contributed by atoms with E-state index in [0.29, 0.717) is 0 Å². The molecule has 78 valence electrons. The SMILES string of the molecule is CC(N)Cc1ccc2ccc(F)cc2c1. The Morgan fingerprint density at radius 2 is 1.87 bits per heavy atom. The average molecular weight is 203 g/mol. The van der Waals surface area contributed by atoms with E-state index in [0.717, 1.165) is 22.8 Å². The van der Waals surface area contributed by atoms with E-state index in [1.54, 1.807) is 12.1 Å². The molecule has 0 spiro atoms. The van der Waals surface area contributed by atoms with Crippen molar-refractivity contribution in [2.45, 2.75) is 19.4 Å². The highest BCUT2D eigenvalue weighted by Crippen LogP contribution is 2.18. The molecule has 1 atom stereocenters. The van der Waals surface area contributed by atoms with Gasteiger partial charge in [0.05, 0.1) is 0 Å². The first-order valence-electron chi connectivity index (χ1n) is 5.09. The van der Waals surface area contributed by atoms with Crippen molar-refractivity contribution in [3.63, 3.8) is 0 Å². The van der Waals surface area contributed by atoms with E-state index >= 15 is 0 Å². The molecule has 0 aliphatic heterocycles. The number of nitrogens with two attached hydrogens (primary N) is 1. The zero-order chi connectivity index (χ0) is 10.8. The van der Waals surface area contributed by atoms with Crippen LogP contribution in [0.5, 0.6) is 0 Å². The van der Waals surface area contributed by atoms with Crippen LogP contribution in [0.3, 0.4) is 0 Å². The minimum atomic E-state index is -0.194. The summed E-state index contributed by atoms with van der Waals surface area (Å²) >= 11 is 0. The predicted octanol–water partition coefficient (Wildman–Crippen LogP) is 2.87. The zero-order valence-electron chi connectivity index (χ0n) is 8.70. The molecule has 0 aliphatic rings. The van der Waals surface area contributed by atoms with Crippen LogP contribution in [0.15, 0.2) is 36.4 Å². The summed E-state index contributed by atoms with van der Waals surface area (Å²) in [4.78, 5) is 0. The van der Waals surface area contributed by atoms with Crippen molar-refractivity contribution in [2.24, 2.45) is 5.73 Å². The van der Waals surface area contributed by atoms with Crippen LogP contribution in [0, 0.1) is 5.82 Å². The molecule has 2 heteroatoms. The Labute approximate surface area is 88.7 Å². The molecule has 2 rings (SSSR count). The van der Waals surface area contributed by atoms with E-state index in [-0.39, 0.29) is 11.9 Å². The minimum absolute atomic E-state index is 0.135.